The molecule has 11 heavy (non-hydrogen) atoms. The smallest absolute Gasteiger partial charge is 0.117 e. The second kappa shape index (κ2) is 4.51. The first-order chi connectivity index (χ1) is 5.13. The summed E-state index contributed by atoms with van der Waals surface area (Å²) in [5.41, 5.74) is 0.422. The standard InChI is InChI=1S/C8H13N3/c1-7(2)11(6-10-4)8(3)5-9/h6-7H,3H2,1-2,4H3. The van der Waals surface area contributed by atoms with E-state index >= 15 is 0 Å². The third-order valence-electron chi connectivity index (χ3n) is 1.24. The minimum atomic E-state index is 0.228. The zero-order chi connectivity index (χ0) is 8.85. The van der Waals surface area contributed by atoms with E-state index in [2.05, 4.69) is 11.6 Å². The molecule has 0 spiro atoms. The molecule has 0 aliphatic rings. The number of nitrogens with zero attached hydrogens (tertiary/aromatic N) is 3. The van der Waals surface area contributed by atoms with Crippen LogP contribution in [0.4, 0.5) is 0 Å². The second-order valence-electron chi connectivity index (χ2n) is 2.43. The molecule has 0 heterocycles. The molecule has 3 nitrogen and oxygen atoms in total. The summed E-state index contributed by atoms with van der Waals surface area (Å²) in [6.45, 7) is 7.54. The van der Waals surface area contributed by atoms with Gasteiger partial charge in [-0.2, -0.15) is 5.26 Å². The van der Waals surface area contributed by atoms with E-state index in [1.54, 1.807) is 18.3 Å². The highest BCUT2D eigenvalue weighted by atomic mass is 15.2. The lowest BCUT2D eigenvalue weighted by Gasteiger charge is -2.21. The van der Waals surface area contributed by atoms with Gasteiger partial charge in [-0.05, 0) is 13.8 Å². The van der Waals surface area contributed by atoms with Gasteiger partial charge in [-0.3, -0.25) is 4.99 Å². The Morgan fingerprint density at radius 1 is 1.73 bits per heavy atom. The molecule has 0 aromatic heterocycles. The molecule has 0 fully saturated rings. The molecular formula is C8H13N3. The van der Waals surface area contributed by atoms with E-state index in [1.807, 2.05) is 19.9 Å². The lowest BCUT2D eigenvalue weighted by molar-refractivity contribution is 0.451. The van der Waals surface area contributed by atoms with Gasteiger partial charge >= 0.3 is 0 Å². The van der Waals surface area contributed by atoms with Crippen molar-refractivity contribution in [3.05, 3.63) is 12.3 Å². The van der Waals surface area contributed by atoms with Gasteiger partial charge in [0.25, 0.3) is 0 Å². The van der Waals surface area contributed by atoms with Crippen molar-refractivity contribution in [1.29, 1.82) is 5.26 Å². The van der Waals surface area contributed by atoms with Gasteiger partial charge in [0.2, 0.25) is 0 Å². The molecule has 0 atom stereocenters. The van der Waals surface area contributed by atoms with Gasteiger partial charge < -0.3 is 4.90 Å². The summed E-state index contributed by atoms with van der Waals surface area (Å²) < 4.78 is 0. The van der Waals surface area contributed by atoms with Gasteiger partial charge in [-0.25, -0.2) is 0 Å². The fraction of sp³-hybridized carbons (Fsp3) is 0.500. The Morgan fingerprint density at radius 2 is 2.27 bits per heavy atom. The summed E-state index contributed by atoms with van der Waals surface area (Å²) in [4.78, 5) is 5.54. The maximum atomic E-state index is 8.53. The molecular weight excluding hydrogens is 138 g/mol. The second-order valence-corrected chi connectivity index (χ2v) is 2.43. The van der Waals surface area contributed by atoms with Gasteiger partial charge in [-0.1, -0.05) is 6.58 Å². The van der Waals surface area contributed by atoms with Crippen LogP contribution < -0.4 is 0 Å². The van der Waals surface area contributed by atoms with Gasteiger partial charge in [0.15, 0.2) is 0 Å². The molecule has 0 N–H and O–H groups in total. The first-order valence-corrected chi connectivity index (χ1v) is 3.43. The van der Waals surface area contributed by atoms with Crippen molar-refractivity contribution in [1.82, 2.24) is 4.90 Å². The summed E-state index contributed by atoms with van der Waals surface area (Å²) in [5, 5.41) is 8.53. The van der Waals surface area contributed by atoms with Crippen LogP contribution >= 0.6 is 0 Å². The molecule has 0 aliphatic heterocycles. The van der Waals surface area contributed by atoms with Crippen molar-refractivity contribution >= 4 is 6.34 Å². The Hall–Kier alpha value is -1.30. The van der Waals surface area contributed by atoms with Crippen LogP contribution in [0.15, 0.2) is 17.3 Å². The number of hydrogen-bond acceptors (Lipinski definition) is 2. The van der Waals surface area contributed by atoms with Crippen LogP contribution in [-0.2, 0) is 0 Å². The first-order valence-electron chi connectivity index (χ1n) is 3.43. The summed E-state index contributed by atoms with van der Waals surface area (Å²) in [6.07, 6.45) is 1.61. The lowest BCUT2D eigenvalue weighted by Crippen LogP contribution is -2.27. The molecule has 0 aliphatic carbocycles. The Labute approximate surface area is 67.7 Å². The van der Waals surface area contributed by atoms with Crippen molar-refractivity contribution in [3.8, 4) is 6.07 Å². The van der Waals surface area contributed by atoms with E-state index in [9.17, 15) is 0 Å². The average molecular weight is 151 g/mol. The Balaban J connectivity index is 4.37. The van der Waals surface area contributed by atoms with Crippen molar-refractivity contribution in [2.45, 2.75) is 19.9 Å². The van der Waals surface area contributed by atoms with Crippen LogP contribution in [0, 0.1) is 11.3 Å². The zero-order valence-corrected chi connectivity index (χ0v) is 7.20. The minimum Gasteiger partial charge on any atom is -0.322 e. The normalized spacial score (nSPS) is 10.1. The molecule has 60 valence electrons. The van der Waals surface area contributed by atoms with E-state index in [0.29, 0.717) is 5.70 Å². The highest BCUT2D eigenvalue weighted by Gasteiger charge is 2.06. The minimum absolute atomic E-state index is 0.228. The molecule has 0 aromatic rings. The largest absolute Gasteiger partial charge is 0.322 e. The summed E-state index contributed by atoms with van der Waals surface area (Å²) >= 11 is 0. The molecule has 0 radical (unpaired) electrons. The van der Waals surface area contributed by atoms with Crippen LogP contribution in [0.25, 0.3) is 0 Å². The topological polar surface area (TPSA) is 39.4 Å². The predicted octanol–water partition coefficient (Wildman–Crippen LogP) is 1.39. The number of rotatable bonds is 3. The number of nitriles is 1. The van der Waals surface area contributed by atoms with Crippen LogP contribution in [0.3, 0.4) is 0 Å². The van der Waals surface area contributed by atoms with Crippen molar-refractivity contribution in [2.75, 3.05) is 7.05 Å². The van der Waals surface area contributed by atoms with Gasteiger partial charge in [0, 0.05) is 13.1 Å². The van der Waals surface area contributed by atoms with Crippen LogP contribution in [0.5, 0.6) is 0 Å². The molecule has 0 amide bonds. The average Bonchev–Trinajstić information content (AvgIpc) is 1.98. The molecule has 0 bridgehead atoms. The van der Waals surface area contributed by atoms with Crippen molar-refractivity contribution in [2.24, 2.45) is 4.99 Å². The summed E-state index contributed by atoms with van der Waals surface area (Å²) in [6, 6.07) is 2.20. The molecule has 0 saturated carbocycles. The zero-order valence-electron chi connectivity index (χ0n) is 7.20. The lowest BCUT2D eigenvalue weighted by atomic mass is 10.3. The fourth-order valence-corrected chi connectivity index (χ4v) is 0.697. The highest BCUT2D eigenvalue weighted by Crippen LogP contribution is 2.02. The van der Waals surface area contributed by atoms with Gasteiger partial charge in [0.1, 0.15) is 11.8 Å². The van der Waals surface area contributed by atoms with E-state index < -0.39 is 0 Å². The fourth-order valence-electron chi connectivity index (χ4n) is 0.697. The molecule has 0 saturated heterocycles. The predicted molar refractivity (Wildman–Crippen MR) is 46.1 cm³/mol. The van der Waals surface area contributed by atoms with E-state index in [1.165, 1.54) is 0 Å². The Morgan fingerprint density at radius 3 is 2.55 bits per heavy atom. The number of allylic oxidation sites excluding steroid dienone is 1. The third-order valence-corrected chi connectivity index (χ3v) is 1.24. The monoisotopic (exact) mass is 151 g/mol. The van der Waals surface area contributed by atoms with Crippen LogP contribution in [0.2, 0.25) is 0 Å². The van der Waals surface area contributed by atoms with E-state index in [4.69, 9.17) is 5.26 Å². The van der Waals surface area contributed by atoms with Gasteiger partial charge in [0.05, 0.1) is 6.34 Å². The quantitative estimate of drug-likeness (QED) is 0.347. The van der Waals surface area contributed by atoms with Crippen molar-refractivity contribution < 1.29 is 0 Å². The van der Waals surface area contributed by atoms with Crippen molar-refractivity contribution in [3.63, 3.8) is 0 Å². The van der Waals surface area contributed by atoms with Gasteiger partial charge in [-0.15, -0.1) is 0 Å². The van der Waals surface area contributed by atoms with E-state index in [-0.39, 0.29) is 6.04 Å². The summed E-state index contributed by atoms with van der Waals surface area (Å²) in [7, 11) is 1.67. The highest BCUT2D eigenvalue weighted by molar-refractivity contribution is 5.59. The number of hydrogen-bond donors (Lipinski definition) is 0. The third kappa shape index (κ3) is 2.85. The maximum absolute atomic E-state index is 8.53. The first kappa shape index (κ1) is 9.70. The van der Waals surface area contributed by atoms with Crippen LogP contribution in [-0.4, -0.2) is 24.3 Å². The SMILES string of the molecule is C=C(C#N)N(C=NC)C(C)C. The molecule has 3 heteroatoms. The maximum Gasteiger partial charge on any atom is 0.117 e. The summed E-state index contributed by atoms with van der Waals surface area (Å²) in [5.74, 6) is 0. The Bertz CT molecular complexity index is 198. The van der Waals surface area contributed by atoms with E-state index in [0.717, 1.165) is 0 Å². The molecule has 0 rings (SSSR count). The molecule has 0 unspecified atom stereocenters. The molecule has 0 aromatic carbocycles. The van der Waals surface area contributed by atoms with Crippen LogP contribution in [0.1, 0.15) is 13.8 Å². The Kier molecular flexibility index (Phi) is 3.97. The number of aliphatic imine (C=N–C) groups is 1.